The fraction of sp³-hybridized carbons (Fsp3) is 0.667. The summed E-state index contributed by atoms with van der Waals surface area (Å²) in [6.07, 6.45) is 4.14. The van der Waals surface area contributed by atoms with E-state index >= 15 is 0 Å². The monoisotopic (exact) mass is 164 g/mol. The highest BCUT2D eigenvalue weighted by Gasteiger charge is 1.94. The van der Waals surface area contributed by atoms with Gasteiger partial charge in [0.25, 0.3) is 11.0 Å². The first kappa shape index (κ1) is 9.65. The molecule has 0 saturated carbocycles. The molecule has 0 bridgehead atoms. The largest absolute Gasteiger partial charge is 0.265 e. The molecular formula is C6H12O3S. The molecule has 0 aromatic heterocycles. The van der Waals surface area contributed by atoms with Crippen molar-refractivity contribution in [1.29, 1.82) is 0 Å². The van der Waals surface area contributed by atoms with E-state index in [2.05, 4.69) is 4.18 Å². The van der Waals surface area contributed by atoms with Gasteiger partial charge in [-0.15, -0.1) is 0 Å². The molecule has 0 aliphatic rings. The Kier molecular flexibility index (Phi) is 5.25. The zero-order valence-corrected chi connectivity index (χ0v) is 7.01. The molecule has 0 fully saturated rings. The molecule has 0 N–H and O–H groups in total. The van der Waals surface area contributed by atoms with Crippen LogP contribution >= 0.6 is 0 Å². The fourth-order valence-electron chi connectivity index (χ4n) is 0.499. The average molecular weight is 164 g/mol. The summed E-state index contributed by atoms with van der Waals surface area (Å²) in [6, 6.07) is 0. The van der Waals surface area contributed by atoms with E-state index in [4.69, 9.17) is 0 Å². The van der Waals surface area contributed by atoms with Gasteiger partial charge in [0.15, 0.2) is 0 Å². The predicted octanol–water partition coefficient (Wildman–Crippen LogP) is 0.884. The van der Waals surface area contributed by atoms with Crippen LogP contribution in [0.4, 0.5) is 0 Å². The average Bonchev–Trinajstić information content (AvgIpc) is 1.82. The van der Waals surface area contributed by atoms with E-state index in [1.165, 1.54) is 0 Å². The summed E-state index contributed by atoms with van der Waals surface area (Å²) >= 11 is 0. The van der Waals surface area contributed by atoms with Crippen molar-refractivity contribution in [3.63, 3.8) is 0 Å². The Morgan fingerprint density at radius 1 is 1.60 bits per heavy atom. The van der Waals surface area contributed by atoms with Crippen LogP contribution in [0.1, 0.15) is 20.3 Å². The van der Waals surface area contributed by atoms with Crippen LogP contribution in [0.15, 0.2) is 12.2 Å². The van der Waals surface area contributed by atoms with Crippen molar-refractivity contribution in [3.05, 3.63) is 12.2 Å². The number of hydrogen-bond donors (Lipinski definition) is 1. The molecule has 0 saturated heterocycles. The molecular weight excluding hydrogens is 152 g/mol. The third kappa shape index (κ3) is 5.78. The van der Waals surface area contributed by atoms with Crippen molar-refractivity contribution < 1.29 is 12.6 Å². The lowest BCUT2D eigenvalue weighted by atomic mass is 10.3. The van der Waals surface area contributed by atoms with Crippen LogP contribution in [0.3, 0.4) is 0 Å². The van der Waals surface area contributed by atoms with Crippen LogP contribution in [-0.2, 0) is 15.2 Å². The van der Waals surface area contributed by atoms with Gasteiger partial charge in [0.1, 0.15) is 0 Å². The lowest BCUT2D eigenvalue weighted by Crippen LogP contribution is -2.01. The van der Waals surface area contributed by atoms with Gasteiger partial charge in [0.2, 0.25) is 0 Å². The van der Waals surface area contributed by atoms with Crippen molar-refractivity contribution in [3.8, 4) is 0 Å². The smallest absolute Gasteiger partial charge is 0.257 e. The molecule has 0 aliphatic heterocycles. The number of hydrogen-bond acceptors (Lipinski definition) is 3. The maximum atomic E-state index is 9.95. The third-order valence-electron chi connectivity index (χ3n) is 0.895. The third-order valence-corrected chi connectivity index (χ3v) is 1.40. The second-order valence-corrected chi connectivity index (χ2v) is 2.53. The summed E-state index contributed by atoms with van der Waals surface area (Å²) in [7, 11) is -2.71. The van der Waals surface area contributed by atoms with Gasteiger partial charge in [-0.1, -0.05) is 19.1 Å². The summed E-state index contributed by atoms with van der Waals surface area (Å²) in [5, 5.41) is 0. The van der Waals surface area contributed by atoms with Gasteiger partial charge in [0.05, 0.1) is 6.10 Å². The van der Waals surface area contributed by atoms with Crippen LogP contribution < -0.4 is 0 Å². The number of allylic oxidation sites excluding steroid dienone is 1. The lowest BCUT2D eigenvalue weighted by Gasteiger charge is -1.98. The number of thiol groups is 1. The van der Waals surface area contributed by atoms with E-state index in [1.54, 1.807) is 13.0 Å². The maximum absolute atomic E-state index is 9.95. The Balaban J connectivity index is 3.63. The Labute approximate surface area is 62.9 Å². The predicted molar refractivity (Wildman–Crippen MR) is 40.3 cm³/mol. The normalized spacial score (nSPS) is 14.7. The quantitative estimate of drug-likeness (QED) is 0.495. The molecule has 60 valence electrons. The Morgan fingerprint density at radius 2 is 2.20 bits per heavy atom. The van der Waals surface area contributed by atoms with Gasteiger partial charge in [-0.2, -0.15) is 0 Å². The summed E-state index contributed by atoms with van der Waals surface area (Å²) in [4.78, 5) is 0. The molecule has 0 spiro atoms. The zero-order valence-electron chi connectivity index (χ0n) is 6.11. The molecule has 4 heteroatoms. The highest BCUT2D eigenvalue weighted by molar-refractivity contribution is 7.67. The molecule has 0 heterocycles. The van der Waals surface area contributed by atoms with Crippen LogP contribution in [-0.4, -0.2) is 14.5 Å². The first-order valence-corrected chi connectivity index (χ1v) is 4.24. The molecule has 1 unspecified atom stereocenters. The molecule has 10 heavy (non-hydrogen) atoms. The molecule has 0 amide bonds. The Morgan fingerprint density at radius 3 is 2.60 bits per heavy atom. The minimum Gasteiger partial charge on any atom is -0.265 e. The van der Waals surface area contributed by atoms with Crippen molar-refractivity contribution in [2.75, 3.05) is 0 Å². The van der Waals surface area contributed by atoms with E-state index in [0.29, 0.717) is 0 Å². The Hall–Kier alpha value is -0.350. The van der Waals surface area contributed by atoms with Crippen molar-refractivity contribution in [2.24, 2.45) is 0 Å². The minimum atomic E-state index is -2.71. The van der Waals surface area contributed by atoms with E-state index in [-0.39, 0.29) is 6.10 Å². The first-order chi connectivity index (χ1) is 4.66. The Bertz CT molecular complexity index is 164. The van der Waals surface area contributed by atoms with Gasteiger partial charge in [-0.25, -0.2) is 8.42 Å². The summed E-state index contributed by atoms with van der Waals surface area (Å²) in [5.74, 6) is 0. The molecule has 0 aliphatic carbocycles. The SMILES string of the molecule is CC/C=C/C(C)O[SH](=O)=O. The van der Waals surface area contributed by atoms with E-state index in [9.17, 15) is 8.42 Å². The van der Waals surface area contributed by atoms with Crippen LogP contribution in [0.2, 0.25) is 0 Å². The van der Waals surface area contributed by atoms with Gasteiger partial charge < -0.3 is 0 Å². The molecule has 0 aromatic rings. The lowest BCUT2D eigenvalue weighted by molar-refractivity contribution is 0.287. The van der Waals surface area contributed by atoms with Gasteiger partial charge in [-0.05, 0) is 13.3 Å². The summed E-state index contributed by atoms with van der Waals surface area (Å²) in [5.41, 5.74) is 0. The molecule has 3 nitrogen and oxygen atoms in total. The fourth-order valence-corrected chi connectivity index (χ4v) is 0.840. The number of rotatable bonds is 4. The minimum absolute atomic E-state index is 0.332. The van der Waals surface area contributed by atoms with E-state index in [0.717, 1.165) is 6.42 Å². The molecule has 1 atom stereocenters. The second-order valence-electron chi connectivity index (χ2n) is 1.87. The first-order valence-electron chi connectivity index (χ1n) is 3.14. The van der Waals surface area contributed by atoms with Crippen molar-refractivity contribution in [1.82, 2.24) is 0 Å². The molecule has 0 aromatic carbocycles. The van der Waals surface area contributed by atoms with Gasteiger partial charge in [-0.3, -0.25) is 4.18 Å². The molecule has 0 rings (SSSR count). The zero-order chi connectivity index (χ0) is 7.98. The van der Waals surface area contributed by atoms with Crippen molar-refractivity contribution in [2.45, 2.75) is 26.4 Å². The summed E-state index contributed by atoms with van der Waals surface area (Å²) < 4.78 is 24.3. The second kappa shape index (κ2) is 5.44. The van der Waals surface area contributed by atoms with E-state index in [1.807, 2.05) is 13.0 Å². The van der Waals surface area contributed by atoms with Crippen LogP contribution in [0.25, 0.3) is 0 Å². The standard InChI is InChI=1S/C6H12O3S/c1-3-4-5-6(2)9-10(7)8/h4-6,10H,3H2,1-2H3/b5-4+. The summed E-state index contributed by atoms with van der Waals surface area (Å²) in [6.45, 7) is 3.65. The highest BCUT2D eigenvalue weighted by atomic mass is 32.2. The molecule has 0 radical (unpaired) electrons. The van der Waals surface area contributed by atoms with Crippen molar-refractivity contribution >= 4 is 11.0 Å². The maximum Gasteiger partial charge on any atom is 0.257 e. The van der Waals surface area contributed by atoms with E-state index < -0.39 is 11.0 Å². The van der Waals surface area contributed by atoms with Gasteiger partial charge >= 0.3 is 0 Å². The van der Waals surface area contributed by atoms with Gasteiger partial charge in [0, 0.05) is 0 Å². The topological polar surface area (TPSA) is 43.4 Å². The van der Waals surface area contributed by atoms with Crippen LogP contribution in [0, 0.1) is 0 Å². The van der Waals surface area contributed by atoms with Crippen LogP contribution in [0.5, 0.6) is 0 Å². The highest BCUT2D eigenvalue weighted by Crippen LogP contribution is 1.93.